The summed E-state index contributed by atoms with van der Waals surface area (Å²) in [6.45, 7) is 5.62. The number of fused-ring (bicyclic) bond motifs is 1. The molecular weight excluding hydrogens is 437 g/mol. The van der Waals surface area contributed by atoms with Crippen molar-refractivity contribution in [3.05, 3.63) is 43.7 Å². The van der Waals surface area contributed by atoms with Crippen LogP contribution in [0.4, 0.5) is 0 Å². The molecule has 3 rings (SSSR count). The Hall–Kier alpha value is -1.28. The Kier molecular flexibility index (Phi) is 5.34. The highest BCUT2D eigenvalue weighted by Gasteiger charge is 2.30. The molecule has 0 atom stereocenters. The van der Waals surface area contributed by atoms with Crippen LogP contribution in [0.1, 0.15) is 24.3 Å². The molecule has 0 saturated carbocycles. The number of halogens is 1. The molecule has 2 aromatic rings. The van der Waals surface area contributed by atoms with Gasteiger partial charge in [-0.05, 0) is 72.7 Å². The predicted octanol–water partition coefficient (Wildman–Crippen LogP) is 3.76. The molecule has 24 heavy (non-hydrogen) atoms. The molecule has 0 unspecified atom stereocenters. The quantitative estimate of drug-likeness (QED) is 0.696. The van der Waals surface area contributed by atoms with Crippen molar-refractivity contribution < 1.29 is 14.3 Å². The highest BCUT2D eigenvalue weighted by Crippen LogP contribution is 2.35. The van der Waals surface area contributed by atoms with Crippen molar-refractivity contribution in [2.45, 2.75) is 25.7 Å². The lowest BCUT2D eigenvalue weighted by Crippen LogP contribution is -2.41. The van der Waals surface area contributed by atoms with E-state index in [0.717, 1.165) is 17.7 Å². The molecule has 0 bridgehead atoms. The van der Waals surface area contributed by atoms with E-state index in [1.54, 1.807) is 11.3 Å². The van der Waals surface area contributed by atoms with E-state index in [4.69, 9.17) is 9.47 Å². The molecule has 1 aliphatic heterocycles. The van der Waals surface area contributed by atoms with Crippen LogP contribution < -0.4 is 14.8 Å². The highest BCUT2D eigenvalue weighted by molar-refractivity contribution is 14.1. The van der Waals surface area contributed by atoms with Crippen LogP contribution in [0.5, 0.6) is 11.5 Å². The maximum Gasteiger partial charge on any atom is 0.230 e. The minimum absolute atomic E-state index is 0.0189. The van der Waals surface area contributed by atoms with Gasteiger partial charge in [-0.3, -0.25) is 4.79 Å². The smallest absolute Gasteiger partial charge is 0.230 e. The summed E-state index contributed by atoms with van der Waals surface area (Å²) in [5.41, 5.74) is 0.301. The standard InChI is InChI=1S/C18H20INO3S/c1-18(2,12-3-5-14-15(11-12)23-10-9-22-14)17(21)20-8-7-13-4-6-16(19)24-13/h3-6,11H,7-10H2,1-2H3,(H,20,21). The fourth-order valence-corrected chi connectivity index (χ4v) is 4.32. The van der Waals surface area contributed by atoms with Gasteiger partial charge in [0.15, 0.2) is 11.5 Å². The summed E-state index contributed by atoms with van der Waals surface area (Å²) in [6.07, 6.45) is 0.858. The summed E-state index contributed by atoms with van der Waals surface area (Å²) < 4.78 is 12.4. The summed E-state index contributed by atoms with van der Waals surface area (Å²) in [5, 5.41) is 3.05. The molecule has 6 heteroatoms. The summed E-state index contributed by atoms with van der Waals surface area (Å²) in [6, 6.07) is 9.95. The number of nitrogens with one attached hydrogen (secondary N) is 1. The van der Waals surface area contributed by atoms with E-state index < -0.39 is 5.41 Å². The monoisotopic (exact) mass is 457 g/mol. The third kappa shape index (κ3) is 3.85. The maximum absolute atomic E-state index is 12.6. The van der Waals surface area contributed by atoms with Crippen LogP contribution in [0.3, 0.4) is 0 Å². The van der Waals surface area contributed by atoms with Gasteiger partial charge in [-0.15, -0.1) is 11.3 Å². The Morgan fingerprint density at radius 2 is 1.96 bits per heavy atom. The fourth-order valence-electron chi connectivity index (χ4n) is 2.57. The summed E-state index contributed by atoms with van der Waals surface area (Å²) >= 11 is 4.08. The third-order valence-electron chi connectivity index (χ3n) is 4.12. The molecule has 4 nitrogen and oxygen atoms in total. The number of hydrogen-bond donors (Lipinski definition) is 1. The van der Waals surface area contributed by atoms with E-state index in [0.29, 0.717) is 25.5 Å². The Morgan fingerprint density at radius 3 is 2.67 bits per heavy atom. The van der Waals surface area contributed by atoms with Gasteiger partial charge in [0.05, 0.1) is 8.30 Å². The van der Waals surface area contributed by atoms with Crippen molar-refractivity contribution in [3.63, 3.8) is 0 Å². The molecule has 1 aliphatic rings. The number of carbonyl (C=O) groups is 1. The molecule has 0 fully saturated rings. The number of benzene rings is 1. The van der Waals surface area contributed by atoms with Gasteiger partial charge in [0.1, 0.15) is 13.2 Å². The first kappa shape index (κ1) is 17.5. The molecule has 0 radical (unpaired) electrons. The van der Waals surface area contributed by atoms with Crippen LogP contribution in [0, 0.1) is 2.88 Å². The molecular formula is C18H20INO3S. The Balaban J connectivity index is 1.64. The molecule has 0 aliphatic carbocycles. The average Bonchev–Trinajstić information content (AvgIpc) is 2.99. The first-order valence-electron chi connectivity index (χ1n) is 7.89. The number of amides is 1. The Bertz CT molecular complexity index is 742. The summed E-state index contributed by atoms with van der Waals surface area (Å²) in [5.74, 6) is 1.48. The van der Waals surface area contributed by atoms with Gasteiger partial charge >= 0.3 is 0 Å². The van der Waals surface area contributed by atoms with Crippen molar-refractivity contribution in [2.75, 3.05) is 19.8 Å². The number of hydrogen-bond acceptors (Lipinski definition) is 4. The predicted molar refractivity (Wildman–Crippen MR) is 104 cm³/mol. The highest BCUT2D eigenvalue weighted by atomic mass is 127. The van der Waals surface area contributed by atoms with Crippen molar-refractivity contribution in [2.24, 2.45) is 0 Å². The van der Waals surface area contributed by atoms with E-state index in [1.165, 1.54) is 7.76 Å². The zero-order valence-corrected chi connectivity index (χ0v) is 16.7. The van der Waals surface area contributed by atoms with Gasteiger partial charge < -0.3 is 14.8 Å². The Morgan fingerprint density at radius 1 is 1.21 bits per heavy atom. The van der Waals surface area contributed by atoms with Crippen LogP contribution in [0.2, 0.25) is 0 Å². The zero-order valence-electron chi connectivity index (χ0n) is 13.7. The maximum atomic E-state index is 12.6. The van der Waals surface area contributed by atoms with Crippen molar-refractivity contribution in [1.82, 2.24) is 5.32 Å². The minimum atomic E-state index is -0.625. The van der Waals surface area contributed by atoms with Gasteiger partial charge in [-0.25, -0.2) is 0 Å². The second-order valence-corrected chi connectivity index (χ2v) is 9.26. The fraction of sp³-hybridized carbons (Fsp3) is 0.389. The van der Waals surface area contributed by atoms with Crippen molar-refractivity contribution in [3.8, 4) is 11.5 Å². The first-order chi connectivity index (χ1) is 11.5. The van der Waals surface area contributed by atoms with Gasteiger partial charge in [-0.2, -0.15) is 0 Å². The lowest BCUT2D eigenvalue weighted by atomic mass is 9.83. The summed E-state index contributed by atoms with van der Waals surface area (Å²) in [7, 11) is 0. The average molecular weight is 457 g/mol. The van der Waals surface area contributed by atoms with Gasteiger partial charge in [-0.1, -0.05) is 6.07 Å². The molecule has 0 spiro atoms. The molecule has 1 amide bonds. The lowest BCUT2D eigenvalue weighted by Gasteiger charge is -2.26. The van der Waals surface area contributed by atoms with Crippen LogP contribution in [-0.4, -0.2) is 25.7 Å². The van der Waals surface area contributed by atoms with Gasteiger partial charge in [0.2, 0.25) is 5.91 Å². The number of ether oxygens (including phenoxy) is 2. The van der Waals surface area contributed by atoms with Crippen molar-refractivity contribution in [1.29, 1.82) is 0 Å². The Labute approximate surface area is 159 Å². The van der Waals surface area contributed by atoms with Crippen molar-refractivity contribution >= 4 is 39.8 Å². The van der Waals surface area contributed by atoms with Crippen LogP contribution in [0.25, 0.3) is 0 Å². The van der Waals surface area contributed by atoms with Crippen LogP contribution >= 0.6 is 33.9 Å². The van der Waals surface area contributed by atoms with E-state index in [-0.39, 0.29) is 5.91 Å². The number of rotatable bonds is 5. The minimum Gasteiger partial charge on any atom is -0.486 e. The van der Waals surface area contributed by atoms with E-state index in [9.17, 15) is 4.79 Å². The van der Waals surface area contributed by atoms with E-state index in [1.807, 2.05) is 32.0 Å². The zero-order chi connectivity index (χ0) is 17.2. The van der Waals surface area contributed by atoms with E-state index >= 15 is 0 Å². The molecule has 1 aromatic heterocycles. The lowest BCUT2D eigenvalue weighted by molar-refractivity contribution is -0.125. The number of carbonyl (C=O) groups excluding carboxylic acids is 1. The second kappa shape index (κ2) is 7.31. The summed E-state index contributed by atoms with van der Waals surface area (Å²) in [4.78, 5) is 13.9. The van der Waals surface area contributed by atoms with Crippen LogP contribution in [-0.2, 0) is 16.6 Å². The molecule has 0 saturated heterocycles. The van der Waals surface area contributed by atoms with E-state index in [2.05, 4.69) is 40.0 Å². The molecule has 128 valence electrons. The van der Waals surface area contributed by atoms with Gasteiger partial charge in [0.25, 0.3) is 0 Å². The first-order valence-corrected chi connectivity index (χ1v) is 9.79. The molecule has 1 N–H and O–H groups in total. The SMILES string of the molecule is CC(C)(C(=O)NCCc1ccc(I)s1)c1ccc2c(c1)OCCO2. The largest absolute Gasteiger partial charge is 0.486 e. The second-order valence-electron chi connectivity index (χ2n) is 6.20. The topological polar surface area (TPSA) is 47.6 Å². The third-order valence-corrected chi connectivity index (χ3v) is 6.07. The van der Waals surface area contributed by atoms with Crippen LogP contribution in [0.15, 0.2) is 30.3 Å². The number of thiophene rings is 1. The van der Waals surface area contributed by atoms with Gasteiger partial charge in [0, 0.05) is 11.4 Å². The molecule has 1 aromatic carbocycles. The molecule has 2 heterocycles. The normalized spacial score (nSPS) is 13.6.